The third-order valence-corrected chi connectivity index (χ3v) is 3.56. The van der Waals surface area contributed by atoms with Gasteiger partial charge >= 0.3 is 0 Å². The molecule has 1 amide bonds. The summed E-state index contributed by atoms with van der Waals surface area (Å²) < 4.78 is 0.285. The van der Waals surface area contributed by atoms with Crippen LogP contribution in [0.2, 0.25) is 0 Å². The molecule has 0 aliphatic carbocycles. The van der Waals surface area contributed by atoms with Crippen LogP contribution in [0.3, 0.4) is 0 Å². The van der Waals surface area contributed by atoms with Gasteiger partial charge in [0.15, 0.2) is 4.32 Å². The van der Waals surface area contributed by atoms with Crippen molar-refractivity contribution in [1.29, 1.82) is 0 Å². The number of nitrogens with zero attached hydrogens (tertiary/aromatic N) is 2. The van der Waals surface area contributed by atoms with Crippen LogP contribution in [0.15, 0.2) is 29.2 Å². The maximum absolute atomic E-state index is 11.6. The van der Waals surface area contributed by atoms with Gasteiger partial charge in [-0.05, 0) is 23.8 Å². The van der Waals surface area contributed by atoms with E-state index in [1.54, 1.807) is 18.2 Å². The monoisotopic (exact) mass is 281 g/mol. The van der Waals surface area contributed by atoms with E-state index in [0.717, 1.165) is 16.8 Å². The molecular weight excluding hydrogens is 274 g/mol. The molecule has 1 heterocycles. The number of thioether (sulfide) groups is 1. The zero-order valence-electron chi connectivity index (χ0n) is 8.90. The lowest BCUT2D eigenvalue weighted by Gasteiger charge is -2.02. The number of hydrogen-bond donors (Lipinski definition) is 1. The predicted octanol–water partition coefficient (Wildman–Crippen LogP) is 1.67. The molecule has 1 aliphatic rings. The first-order valence-corrected chi connectivity index (χ1v) is 5.98. The summed E-state index contributed by atoms with van der Waals surface area (Å²) in [6.45, 7) is 0. The van der Waals surface area contributed by atoms with E-state index in [1.807, 2.05) is 0 Å². The normalized spacial score (nSPS) is 17.6. The first-order chi connectivity index (χ1) is 8.49. The zero-order chi connectivity index (χ0) is 13.3. The van der Waals surface area contributed by atoms with Crippen LogP contribution in [-0.2, 0) is 4.79 Å². The maximum Gasteiger partial charge on any atom is 0.280 e. The minimum atomic E-state index is -0.483. The molecule has 1 aromatic carbocycles. The Morgan fingerprint density at radius 3 is 2.44 bits per heavy atom. The summed E-state index contributed by atoms with van der Waals surface area (Å²) in [4.78, 5) is 22.0. The summed E-state index contributed by atoms with van der Waals surface area (Å²) in [5.41, 5.74) is 0.674. The number of hydrazine groups is 1. The van der Waals surface area contributed by atoms with E-state index in [4.69, 9.17) is 18.1 Å². The van der Waals surface area contributed by atoms with Gasteiger partial charge in [-0.1, -0.05) is 24.0 Å². The summed E-state index contributed by atoms with van der Waals surface area (Å²) in [5.74, 6) is 5.05. The van der Waals surface area contributed by atoms with Gasteiger partial charge in [0.25, 0.3) is 11.6 Å². The highest BCUT2D eigenvalue weighted by atomic mass is 32.2. The zero-order valence-corrected chi connectivity index (χ0v) is 10.5. The van der Waals surface area contributed by atoms with Crippen molar-refractivity contribution in [1.82, 2.24) is 5.01 Å². The number of hydrogen-bond acceptors (Lipinski definition) is 6. The fourth-order valence-electron chi connectivity index (χ4n) is 1.32. The van der Waals surface area contributed by atoms with Gasteiger partial charge in [0.05, 0.1) is 9.83 Å². The van der Waals surface area contributed by atoms with Crippen molar-refractivity contribution < 1.29 is 9.72 Å². The second-order valence-electron chi connectivity index (χ2n) is 3.40. The molecule has 1 fully saturated rings. The Morgan fingerprint density at radius 2 is 2.00 bits per heavy atom. The molecule has 1 aromatic rings. The molecule has 0 aromatic heterocycles. The number of non-ortho nitro benzene ring substituents is 1. The molecule has 0 unspecified atom stereocenters. The van der Waals surface area contributed by atoms with Crippen LogP contribution in [0.4, 0.5) is 5.69 Å². The highest BCUT2D eigenvalue weighted by Crippen LogP contribution is 2.30. The largest absolute Gasteiger partial charge is 0.280 e. The molecule has 2 N–H and O–H groups in total. The molecule has 1 saturated heterocycles. The number of nitro benzene ring substituents is 1. The average molecular weight is 281 g/mol. The Balaban J connectivity index is 2.26. The predicted molar refractivity (Wildman–Crippen MR) is 72.3 cm³/mol. The molecule has 0 atom stereocenters. The molecule has 0 bridgehead atoms. The van der Waals surface area contributed by atoms with Crippen molar-refractivity contribution in [2.45, 2.75) is 0 Å². The van der Waals surface area contributed by atoms with Crippen LogP contribution in [0.1, 0.15) is 5.56 Å². The van der Waals surface area contributed by atoms with Crippen LogP contribution >= 0.6 is 24.0 Å². The summed E-state index contributed by atoms with van der Waals surface area (Å²) in [7, 11) is 0. The Hall–Kier alpha value is -1.77. The van der Waals surface area contributed by atoms with Gasteiger partial charge in [0.2, 0.25) is 0 Å². The highest BCUT2D eigenvalue weighted by molar-refractivity contribution is 8.26. The van der Waals surface area contributed by atoms with Crippen LogP contribution in [-0.4, -0.2) is 20.2 Å². The third-order valence-electron chi connectivity index (χ3n) is 2.23. The van der Waals surface area contributed by atoms with Crippen molar-refractivity contribution in [3.05, 3.63) is 44.8 Å². The molecule has 0 radical (unpaired) electrons. The minimum absolute atomic E-state index is 0.00137. The summed E-state index contributed by atoms with van der Waals surface area (Å²) in [6.07, 6.45) is 1.59. The Morgan fingerprint density at radius 1 is 1.39 bits per heavy atom. The maximum atomic E-state index is 11.6. The van der Waals surface area contributed by atoms with Crippen molar-refractivity contribution in [3.8, 4) is 0 Å². The highest BCUT2D eigenvalue weighted by Gasteiger charge is 2.29. The average Bonchev–Trinajstić information content (AvgIpc) is 2.58. The summed E-state index contributed by atoms with van der Waals surface area (Å²) in [5, 5.41) is 11.4. The van der Waals surface area contributed by atoms with Crippen LogP contribution in [0, 0.1) is 10.1 Å². The first-order valence-electron chi connectivity index (χ1n) is 4.76. The number of rotatable bonds is 2. The number of amides is 1. The van der Waals surface area contributed by atoms with E-state index in [9.17, 15) is 14.9 Å². The molecule has 92 valence electrons. The first kappa shape index (κ1) is 12.7. The van der Waals surface area contributed by atoms with Crippen LogP contribution in [0.5, 0.6) is 0 Å². The molecule has 8 heteroatoms. The van der Waals surface area contributed by atoms with Crippen molar-refractivity contribution in [2.24, 2.45) is 5.84 Å². The smallest absolute Gasteiger partial charge is 0.267 e. The molecule has 0 saturated carbocycles. The lowest BCUT2D eigenvalue weighted by molar-refractivity contribution is -0.384. The lowest BCUT2D eigenvalue weighted by Crippen LogP contribution is -2.34. The Kier molecular flexibility index (Phi) is 3.41. The number of carbonyl (C=O) groups excluding carboxylic acids is 1. The van der Waals surface area contributed by atoms with Crippen LogP contribution in [0.25, 0.3) is 6.08 Å². The minimum Gasteiger partial charge on any atom is -0.267 e. The van der Waals surface area contributed by atoms with Gasteiger partial charge in [-0.2, -0.15) is 0 Å². The fourth-order valence-corrected chi connectivity index (χ4v) is 2.43. The number of carbonyl (C=O) groups is 1. The molecule has 1 aliphatic heterocycles. The number of nitrogens with two attached hydrogens (primary N) is 1. The van der Waals surface area contributed by atoms with Crippen LogP contribution < -0.4 is 5.84 Å². The summed E-state index contributed by atoms with van der Waals surface area (Å²) >= 11 is 5.98. The fraction of sp³-hybridized carbons (Fsp3) is 0. The molecule has 0 spiro atoms. The Labute approximate surface area is 112 Å². The van der Waals surface area contributed by atoms with E-state index in [1.165, 1.54) is 12.1 Å². The van der Waals surface area contributed by atoms with Gasteiger partial charge in [-0.3, -0.25) is 14.9 Å². The molecular formula is C10H7N3O3S2. The van der Waals surface area contributed by atoms with E-state index < -0.39 is 4.92 Å². The number of nitro groups is 1. The van der Waals surface area contributed by atoms with Gasteiger partial charge in [0, 0.05) is 12.1 Å². The second kappa shape index (κ2) is 4.84. The van der Waals surface area contributed by atoms with E-state index in [2.05, 4.69) is 0 Å². The van der Waals surface area contributed by atoms with Gasteiger partial charge in [-0.15, -0.1) is 0 Å². The topological polar surface area (TPSA) is 89.5 Å². The van der Waals surface area contributed by atoms with Gasteiger partial charge < -0.3 is 0 Å². The van der Waals surface area contributed by atoms with Gasteiger partial charge in [0.1, 0.15) is 0 Å². The summed E-state index contributed by atoms with van der Waals surface area (Å²) in [6, 6.07) is 5.85. The van der Waals surface area contributed by atoms with Gasteiger partial charge in [-0.25, -0.2) is 10.9 Å². The van der Waals surface area contributed by atoms with Crippen molar-refractivity contribution in [2.75, 3.05) is 0 Å². The second-order valence-corrected chi connectivity index (χ2v) is 5.08. The standard InChI is InChI=1S/C10H7N3O3S2/c11-12-9(14)8(18-10(12)17)5-6-1-3-7(4-2-6)13(15)16/h1-5H,11H2/b8-5-. The third kappa shape index (κ3) is 2.40. The van der Waals surface area contributed by atoms with E-state index in [-0.39, 0.29) is 15.9 Å². The lowest BCUT2D eigenvalue weighted by atomic mass is 10.2. The van der Waals surface area contributed by atoms with E-state index in [0.29, 0.717) is 10.5 Å². The van der Waals surface area contributed by atoms with Crippen molar-refractivity contribution in [3.63, 3.8) is 0 Å². The number of thiocarbonyl (C=S) groups is 1. The van der Waals surface area contributed by atoms with Crippen molar-refractivity contribution >= 4 is 46.0 Å². The van der Waals surface area contributed by atoms with E-state index >= 15 is 0 Å². The molecule has 18 heavy (non-hydrogen) atoms. The molecule has 2 rings (SSSR count). The SMILES string of the molecule is NN1C(=O)/C(=C/c2ccc([N+](=O)[O-])cc2)SC1=S. The number of benzene rings is 1. The molecule has 6 nitrogen and oxygen atoms in total. The quantitative estimate of drug-likeness (QED) is 0.221. The Bertz CT molecular complexity index is 568.